The topological polar surface area (TPSA) is 40.5 Å². The van der Waals surface area contributed by atoms with E-state index in [1.165, 1.54) is 0 Å². The predicted octanol–water partition coefficient (Wildman–Crippen LogP) is 8.56. The van der Waals surface area contributed by atoms with Gasteiger partial charge in [-0.2, -0.15) is 13.2 Å². The highest BCUT2D eigenvalue weighted by Gasteiger charge is 2.35. The summed E-state index contributed by atoms with van der Waals surface area (Å²) in [5.74, 6) is 0.536. The standard InChI is InChI=1S/C30H36F3NO3/c1-6-10-26(35)36-25-14-8-11-21-27-23(12-9-13-24(27)37-29(3,4)5)34(28(21)25)22(7-2)19-15-17-20(18-16-19)30(31,32)33/h9,12-13,15-18,22,25H,6-8,10-11,14H2,1-5H3. The van der Waals surface area contributed by atoms with Crippen molar-refractivity contribution < 1.29 is 27.4 Å². The molecule has 3 aromatic rings. The Hall–Kier alpha value is -2.96. The van der Waals surface area contributed by atoms with E-state index in [9.17, 15) is 18.0 Å². The first-order chi connectivity index (χ1) is 17.4. The van der Waals surface area contributed by atoms with Crippen molar-refractivity contribution in [3.63, 3.8) is 0 Å². The molecule has 7 heteroatoms. The van der Waals surface area contributed by atoms with Crippen LogP contribution in [0.4, 0.5) is 13.2 Å². The number of carbonyl (C=O) groups is 1. The number of carbonyl (C=O) groups excluding carboxylic acids is 1. The Morgan fingerprint density at radius 3 is 2.38 bits per heavy atom. The Bertz CT molecular complexity index is 1250. The van der Waals surface area contributed by atoms with Crippen molar-refractivity contribution >= 4 is 16.9 Å². The maximum absolute atomic E-state index is 13.3. The van der Waals surface area contributed by atoms with Gasteiger partial charge in [0.2, 0.25) is 0 Å². The van der Waals surface area contributed by atoms with E-state index in [4.69, 9.17) is 9.47 Å². The summed E-state index contributed by atoms with van der Waals surface area (Å²) < 4.78 is 54.3. The second-order valence-corrected chi connectivity index (χ2v) is 10.8. The molecular formula is C30H36F3NO3. The van der Waals surface area contributed by atoms with Crippen LogP contribution < -0.4 is 4.74 Å². The molecule has 0 saturated heterocycles. The molecule has 2 atom stereocenters. The molecule has 4 nitrogen and oxygen atoms in total. The van der Waals surface area contributed by atoms with Gasteiger partial charge in [-0.05, 0) is 88.3 Å². The summed E-state index contributed by atoms with van der Waals surface area (Å²) in [6.45, 7) is 9.97. The minimum Gasteiger partial charge on any atom is -0.487 e. The number of aryl methyl sites for hydroxylation is 1. The number of hydrogen-bond donors (Lipinski definition) is 0. The third kappa shape index (κ3) is 5.65. The van der Waals surface area contributed by atoms with Crippen LogP contribution in [0.5, 0.6) is 5.75 Å². The molecule has 1 aliphatic carbocycles. The van der Waals surface area contributed by atoms with Gasteiger partial charge in [-0.25, -0.2) is 0 Å². The minimum atomic E-state index is -4.39. The van der Waals surface area contributed by atoms with Crippen LogP contribution in [0.15, 0.2) is 42.5 Å². The summed E-state index contributed by atoms with van der Waals surface area (Å²) in [6.07, 6.45) is -0.710. The van der Waals surface area contributed by atoms with E-state index < -0.39 is 23.4 Å². The SMILES string of the molecule is CCCC(=O)OC1CCCc2c1n(C(CC)c1ccc(C(F)(F)F)cc1)c1cccc(OC(C)(C)C)c21. The largest absolute Gasteiger partial charge is 0.487 e. The van der Waals surface area contributed by atoms with Crippen molar-refractivity contribution in [2.75, 3.05) is 0 Å². The summed E-state index contributed by atoms with van der Waals surface area (Å²) >= 11 is 0. The van der Waals surface area contributed by atoms with Gasteiger partial charge in [0.05, 0.1) is 22.8 Å². The maximum Gasteiger partial charge on any atom is 0.416 e. The normalized spacial score (nSPS) is 16.9. The highest BCUT2D eigenvalue weighted by atomic mass is 19.4. The van der Waals surface area contributed by atoms with E-state index in [0.29, 0.717) is 25.7 Å². The van der Waals surface area contributed by atoms with Gasteiger partial charge in [0, 0.05) is 11.8 Å². The zero-order valence-corrected chi connectivity index (χ0v) is 22.2. The minimum absolute atomic E-state index is 0.231. The van der Waals surface area contributed by atoms with Crippen molar-refractivity contribution in [1.29, 1.82) is 0 Å². The van der Waals surface area contributed by atoms with Gasteiger partial charge in [0.1, 0.15) is 17.5 Å². The monoisotopic (exact) mass is 515 g/mol. The smallest absolute Gasteiger partial charge is 0.416 e. The lowest BCUT2D eigenvalue weighted by Gasteiger charge is -2.29. The van der Waals surface area contributed by atoms with E-state index in [0.717, 1.165) is 58.4 Å². The predicted molar refractivity (Wildman–Crippen MR) is 139 cm³/mol. The van der Waals surface area contributed by atoms with Crippen LogP contribution in [-0.2, 0) is 22.1 Å². The van der Waals surface area contributed by atoms with E-state index in [1.807, 2.05) is 52.8 Å². The molecule has 0 aliphatic heterocycles. The number of nitrogens with zero attached hydrogens (tertiary/aromatic N) is 1. The molecule has 1 aliphatic rings. The van der Waals surface area contributed by atoms with Gasteiger partial charge < -0.3 is 14.0 Å². The summed E-state index contributed by atoms with van der Waals surface area (Å²) in [7, 11) is 0. The van der Waals surface area contributed by atoms with Crippen LogP contribution in [-0.4, -0.2) is 16.1 Å². The molecule has 0 fully saturated rings. The lowest BCUT2D eigenvalue weighted by Crippen LogP contribution is -2.23. The molecule has 0 radical (unpaired) electrons. The molecule has 2 unspecified atom stereocenters. The second kappa shape index (κ2) is 10.4. The van der Waals surface area contributed by atoms with Crippen molar-refractivity contribution in [2.45, 2.75) is 97.1 Å². The van der Waals surface area contributed by atoms with Gasteiger partial charge in [0.25, 0.3) is 0 Å². The van der Waals surface area contributed by atoms with Gasteiger partial charge in [0.15, 0.2) is 0 Å². The fourth-order valence-electron chi connectivity index (χ4n) is 5.38. The van der Waals surface area contributed by atoms with Crippen LogP contribution in [0.2, 0.25) is 0 Å². The van der Waals surface area contributed by atoms with Crippen LogP contribution in [0.1, 0.15) is 101 Å². The molecule has 0 amide bonds. The van der Waals surface area contributed by atoms with E-state index >= 15 is 0 Å². The van der Waals surface area contributed by atoms with E-state index in [-0.39, 0.29) is 12.0 Å². The van der Waals surface area contributed by atoms with Gasteiger partial charge in [-0.1, -0.05) is 32.0 Å². The number of alkyl halides is 3. The highest BCUT2D eigenvalue weighted by Crippen LogP contribution is 2.46. The molecule has 1 heterocycles. The molecule has 1 aromatic heterocycles. The van der Waals surface area contributed by atoms with E-state index in [2.05, 4.69) is 4.57 Å². The fraction of sp³-hybridized carbons (Fsp3) is 0.500. The average Bonchev–Trinajstić information content (AvgIpc) is 3.15. The number of fused-ring (bicyclic) bond motifs is 3. The number of hydrogen-bond acceptors (Lipinski definition) is 3. The molecule has 0 saturated carbocycles. The summed E-state index contributed by atoms with van der Waals surface area (Å²) in [5, 5.41) is 0.994. The van der Waals surface area contributed by atoms with Crippen molar-refractivity contribution in [3.05, 3.63) is 64.8 Å². The molecule has 200 valence electrons. The Balaban J connectivity index is 1.94. The number of benzene rings is 2. The van der Waals surface area contributed by atoms with Crippen molar-refractivity contribution in [3.8, 4) is 5.75 Å². The fourth-order valence-corrected chi connectivity index (χ4v) is 5.38. The lowest BCUT2D eigenvalue weighted by atomic mass is 9.92. The third-order valence-electron chi connectivity index (χ3n) is 6.80. The number of rotatable bonds is 7. The van der Waals surface area contributed by atoms with Crippen molar-refractivity contribution in [1.82, 2.24) is 4.57 Å². The first kappa shape index (κ1) is 27.1. The first-order valence-electron chi connectivity index (χ1n) is 13.2. The van der Waals surface area contributed by atoms with Crippen LogP contribution >= 0.6 is 0 Å². The highest BCUT2D eigenvalue weighted by molar-refractivity contribution is 5.92. The van der Waals surface area contributed by atoms with Crippen molar-refractivity contribution in [2.24, 2.45) is 0 Å². The zero-order chi connectivity index (χ0) is 27.0. The summed E-state index contributed by atoms with van der Waals surface area (Å²) in [6, 6.07) is 11.1. The maximum atomic E-state index is 13.3. The van der Waals surface area contributed by atoms with Crippen LogP contribution in [0.25, 0.3) is 10.9 Å². The van der Waals surface area contributed by atoms with Gasteiger partial charge >= 0.3 is 12.1 Å². The summed E-state index contributed by atoms with van der Waals surface area (Å²) in [5.41, 5.74) is 2.67. The second-order valence-electron chi connectivity index (χ2n) is 10.8. The Morgan fingerprint density at radius 2 is 1.78 bits per heavy atom. The summed E-state index contributed by atoms with van der Waals surface area (Å²) in [4.78, 5) is 12.6. The molecule has 0 N–H and O–H groups in total. The quantitative estimate of drug-likeness (QED) is 0.296. The molecule has 0 bridgehead atoms. The molecular weight excluding hydrogens is 479 g/mol. The zero-order valence-electron chi connectivity index (χ0n) is 22.2. The Morgan fingerprint density at radius 1 is 1.08 bits per heavy atom. The number of ether oxygens (including phenoxy) is 2. The Kier molecular flexibility index (Phi) is 7.63. The third-order valence-corrected chi connectivity index (χ3v) is 6.80. The molecule has 37 heavy (non-hydrogen) atoms. The molecule has 0 spiro atoms. The number of halogens is 3. The first-order valence-corrected chi connectivity index (χ1v) is 13.2. The molecule has 4 rings (SSSR count). The molecule has 2 aromatic carbocycles. The number of aromatic nitrogens is 1. The van der Waals surface area contributed by atoms with Gasteiger partial charge in [-0.15, -0.1) is 0 Å². The van der Waals surface area contributed by atoms with E-state index in [1.54, 1.807) is 12.1 Å². The lowest BCUT2D eigenvalue weighted by molar-refractivity contribution is -0.150. The number of esters is 1. The Labute approximate surface area is 216 Å². The van der Waals surface area contributed by atoms with Gasteiger partial charge in [-0.3, -0.25) is 4.79 Å². The van der Waals surface area contributed by atoms with Crippen LogP contribution in [0.3, 0.4) is 0 Å². The van der Waals surface area contributed by atoms with Crippen LogP contribution in [0, 0.1) is 0 Å². The average molecular weight is 516 g/mol.